The van der Waals surface area contributed by atoms with Crippen LogP contribution in [-0.2, 0) is 4.74 Å². The Labute approximate surface area is 81.9 Å². The van der Waals surface area contributed by atoms with Crippen LogP contribution in [0.15, 0.2) is 42.7 Å². The topological polar surface area (TPSA) is 30.4 Å². The molecule has 1 unspecified atom stereocenters. The Morgan fingerprint density at radius 1 is 1.29 bits per heavy atom. The summed E-state index contributed by atoms with van der Waals surface area (Å²) in [4.78, 5) is 0. The minimum atomic E-state index is 0.335. The van der Waals surface area contributed by atoms with Crippen molar-refractivity contribution in [3.05, 3.63) is 48.3 Å². The highest BCUT2D eigenvalue weighted by Gasteiger charge is 2.24. The molecule has 1 aliphatic rings. The number of ether oxygens (including phenoxy) is 1. The van der Waals surface area contributed by atoms with Gasteiger partial charge in [-0.15, -0.1) is 0 Å². The highest BCUT2D eigenvalue weighted by atomic mass is 16.6. The average Bonchev–Trinajstić information content (AvgIpc) is 2.94. The summed E-state index contributed by atoms with van der Waals surface area (Å²) in [5.41, 5.74) is 2.33. The molecule has 0 saturated carbocycles. The van der Waals surface area contributed by atoms with Gasteiger partial charge in [0.05, 0.1) is 12.3 Å². The number of nitrogens with zero attached hydrogens (tertiary/aromatic N) is 2. The smallest absolute Gasteiger partial charge is 0.106 e. The zero-order valence-corrected chi connectivity index (χ0v) is 7.63. The summed E-state index contributed by atoms with van der Waals surface area (Å²) in [5.74, 6) is 0. The van der Waals surface area contributed by atoms with Crippen LogP contribution in [0.1, 0.15) is 11.7 Å². The van der Waals surface area contributed by atoms with Crippen molar-refractivity contribution in [2.24, 2.45) is 0 Å². The second-order valence-corrected chi connectivity index (χ2v) is 3.36. The van der Waals surface area contributed by atoms with E-state index >= 15 is 0 Å². The van der Waals surface area contributed by atoms with Crippen molar-refractivity contribution < 1.29 is 4.74 Å². The molecule has 70 valence electrons. The average molecular weight is 186 g/mol. The molecule has 1 saturated heterocycles. The van der Waals surface area contributed by atoms with Crippen molar-refractivity contribution in [1.29, 1.82) is 0 Å². The van der Waals surface area contributed by atoms with Crippen LogP contribution in [0.2, 0.25) is 0 Å². The molecule has 0 amide bonds. The van der Waals surface area contributed by atoms with E-state index in [4.69, 9.17) is 4.74 Å². The van der Waals surface area contributed by atoms with Crippen LogP contribution in [0.4, 0.5) is 0 Å². The largest absolute Gasteiger partial charge is 0.368 e. The summed E-state index contributed by atoms with van der Waals surface area (Å²) in [6, 6.07) is 10.2. The number of hydrogen-bond acceptors (Lipinski definition) is 2. The number of benzene rings is 1. The summed E-state index contributed by atoms with van der Waals surface area (Å²) in [6.07, 6.45) is 4.04. The Balaban J connectivity index is 1.93. The van der Waals surface area contributed by atoms with Crippen molar-refractivity contribution in [1.82, 2.24) is 9.78 Å². The molecule has 0 aliphatic carbocycles. The number of hydrogen-bond donors (Lipinski definition) is 0. The fourth-order valence-corrected chi connectivity index (χ4v) is 1.50. The maximum atomic E-state index is 5.20. The molecule has 3 nitrogen and oxygen atoms in total. The van der Waals surface area contributed by atoms with Crippen LogP contribution >= 0.6 is 0 Å². The fraction of sp³-hybridized carbons (Fsp3) is 0.182. The zero-order chi connectivity index (χ0) is 9.38. The summed E-state index contributed by atoms with van der Waals surface area (Å²) in [6.45, 7) is 0.862. The van der Waals surface area contributed by atoms with E-state index in [-0.39, 0.29) is 0 Å². The third kappa shape index (κ3) is 1.32. The Kier molecular flexibility index (Phi) is 1.64. The van der Waals surface area contributed by atoms with Gasteiger partial charge in [0.15, 0.2) is 0 Å². The lowest BCUT2D eigenvalue weighted by Gasteiger charge is -2.01. The molecule has 3 rings (SSSR count). The van der Waals surface area contributed by atoms with Gasteiger partial charge in [0, 0.05) is 12.4 Å². The molecule has 0 radical (unpaired) electrons. The molecule has 2 heterocycles. The molecule has 0 N–H and O–H groups in total. The van der Waals surface area contributed by atoms with Crippen molar-refractivity contribution in [3.63, 3.8) is 0 Å². The first-order valence-electron chi connectivity index (χ1n) is 4.65. The van der Waals surface area contributed by atoms with Gasteiger partial charge in [0.25, 0.3) is 0 Å². The van der Waals surface area contributed by atoms with E-state index in [9.17, 15) is 0 Å². The van der Waals surface area contributed by atoms with E-state index in [1.165, 1.54) is 5.56 Å². The van der Waals surface area contributed by atoms with Crippen LogP contribution in [0.25, 0.3) is 5.69 Å². The third-order valence-corrected chi connectivity index (χ3v) is 2.37. The lowest BCUT2D eigenvalue weighted by atomic mass is 10.1. The van der Waals surface area contributed by atoms with Gasteiger partial charge in [-0.05, 0) is 23.8 Å². The highest BCUT2D eigenvalue weighted by molar-refractivity contribution is 5.35. The van der Waals surface area contributed by atoms with Gasteiger partial charge in [0.2, 0.25) is 0 Å². The highest BCUT2D eigenvalue weighted by Crippen LogP contribution is 2.29. The maximum Gasteiger partial charge on any atom is 0.106 e. The summed E-state index contributed by atoms with van der Waals surface area (Å²) < 4.78 is 7.05. The van der Waals surface area contributed by atoms with Crippen LogP contribution in [-0.4, -0.2) is 16.4 Å². The van der Waals surface area contributed by atoms with E-state index in [1.807, 2.05) is 16.9 Å². The maximum absolute atomic E-state index is 5.20. The predicted octanol–water partition coefficient (Wildman–Crippen LogP) is 1.94. The van der Waals surface area contributed by atoms with Crippen molar-refractivity contribution >= 4 is 0 Å². The van der Waals surface area contributed by atoms with Gasteiger partial charge in [0.1, 0.15) is 6.10 Å². The Hall–Kier alpha value is -1.61. The molecular formula is C11H10N2O. The van der Waals surface area contributed by atoms with Crippen LogP contribution in [0.3, 0.4) is 0 Å². The molecule has 1 aromatic carbocycles. The second-order valence-electron chi connectivity index (χ2n) is 3.36. The van der Waals surface area contributed by atoms with E-state index in [0.29, 0.717) is 6.10 Å². The van der Waals surface area contributed by atoms with Crippen molar-refractivity contribution in [3.8, 4) is 5.69 Å². The minimum Gasteiger partial charge on any atom is -0.368 e. The normalized spacial score (nSPS) is 19.6. The number of epoxide rings is 1. The van der Waals surface area contributed by atoms with E-state index in [2.05, 4.69) is 29.4 Å². The first-order chi connectivity index (χ1) is 6.93. The van der Waals surface area contributed by atoms with E-state index in [0.717, 1.165) is 12.3 Å². The minimum absolute atomic E-state index is 0.335. The summed E-state index contributed by atoms with van der Waals surface area (Å²) in [5, 5.41) is 4.16. The number of aromatic nitrogens is 2. The summed E-state index contributed by atoms with van der Waals surface area (Å²) >= 11 is 0. The molecule has 1 aliphatic heterocycles. The number of rotatable bonds is 2. The lowest BCUT2D eigenvalue weighted by molar-refractivity contribution is 0.415. The molecule has 1 fully saturated rings. The first kappa shape index (κ1) is 7.76. The molecule has 3 heteroatoms. The van der Waals surface area contributed by atoms with Gasteiger partial charge in [-0.1, -0.05) is 12.1 Å². The molecule has 0 bridgehead atoms. The van der Waals surface area contributed by atoms with Gasteiger partial charge in [-0.3, -0.25) is 0 Å². The molecule has 14 heavy (non-hydrogen) atoms. The predicted molar refractivity (Wildman–Crippen MR) is 52.3 cm³/mol. The van der Waals surface area contributed by atoms with Crippen LogP contribution in [0.5, 0.6) is 0 Å². The zero-order valence-electron chi connectivity index (χ0n) is 7.63. The summed E-state index contributed by atoms with van der Waals surface area (Å²) in [7, 11) is 0. The van der Waals surface area contributed by atoms with Gasteiger partial charge >= 0.3 is 0 Å². The van der Waals surface area contributed by atoms with E-state index in [1.54, 1.807) is 6.20 Å². The Bertz CT molecular complexity index is 415. The van der Waals surface area contributed by atoms with Crippen molar-refractivity contribution in [2.75, 3.05) is 6.61 Å². The molecule has 1 aromatic heterocycles. The van der Waals surface area contributed by atoms with Crippen LogP contribution < -0.4 is 0 Å². The first-order valence-corrected chi connectivity index (χ1v) is 4.65. The lowest BCUT2D eigenvalue weighted by Crippen LogP contribution is -1.93. The van der Waals surface area contributed by atoms with Crippen molar-refractivity contribution in [2.45, 2.75) is 6.10 Å². The quantitative estimate of drug-likeness (QED) is 0.671. The van der Waals surface area contributed by atoms with Gasteiger partial charge < -0.3 is 4.74 Å². The van der Waals surface area contributed by atoms with Crippen LogP contribution in [0, 0.1) is 0 Å². The molecule has 1 atom stereocenters. The van der Waals surface area contributed by atoms with Gasteiger partial charge in [-0.25, -0.2) is 4.68 Å². The SMILES string of the molecule is c1cnn(-c2ccc(C3CO3)cc2)c1. The monoisotopic (exact) mass is 186 g/mol. The van der Waals surface area contributed by atoms with E-state index < -0.39 is 0 Å². The van der Waals surface area contributed by atoms with Gasteiger partial charge in [-0.2, -0.15) is 5.10 Å². The molecular weight excluding hydrogens is 176 g/mol. The fourth-order valence-electron chi connectivity index (χ4n) is 1.50. The molecule has 0 spiro atoms. The molecule has 2 aromatic rings. The standard InChI is InChI=1S/C11H10N2O/c1-6-12-13(7-1)10-4-2-9(3-5-10)11-8-14-11/h1-7,11H,8H2. The third-order valence-electron chi connectivity index (χ3n) is 2.37. The Morgan fingerprint density at radius 3 is 2.64 bits per heavy atom. The Morgan fingerprint density at radius 2 is 2.07 bits per heavy atom. The second kappa shape index (κ2) is 2.96.